The Hall–Kier alpha value is -0.150. The van der Waals surface area contributed by atoms with Gasteiger partial charge in [-0.15, -0.1) is 11.6 Å². The lowest BCUT2D eigenvalue weighted by Gasteiger charge is -2.04. The van der Waals surface area contributed by atoms with Gasteiger partial charge < -0.3 is 4.84 Å². The number of hydrogen-bond acceptors (Lipinski definition) is 2. The number of halogens is 4. The number of alkyl halides is 1. The van der Waals surface area contributed by atoms with Crippen LogP contribution in [0.2, 0.25) is 10.0 Å². The van der Waals surface area contributed by atoms with Crippen molar-refractivity contribution in [2.45, 2.75) is 6.42 Å². The minimum atomic E-state index is 0.130. The Kier molecular flexibility index (Phi) is 6.29. The predicted octanol–water partition coefficient (Wildman–Crippen LogP) is 4.54. The van der Waals surface area contributed by atoms with Crippen LogP contribution in [0.3, 0.4) is 0 Å². The van der Waals surface area contributed by atoms with Gasteiger partial charge >= 0.3 is 0 Å². The number of rotatable bonds is 5. The zero-order chi connectivity index (χ0) is 12.0. The lowest BCUT2D eigenvalue weighted by atomic mass is 10.2. The maximum Gasteiger partial charge on any atom is 0.178 e. The standard InChI is InChI=1S/C10H9Cl4NO/c11-5-2-6-16-15-10(14)9-7(12)3-1-4-8(9)13/h1,3-4H,2,5-6H2. The molecule has 0 radical (unpaired) electrons. The molecule has 0 atom stereocenters. The van der Waals surface area contributed by atoms with E-state index in [2.05, 4.69) is 5.16 Å². The SMILES string of the molecule is ClCCCON=C(Cl)c1c(Cl)cccc1Cl. The average molecular weight is 301 g/mol. The quantitative estimate of drug-likeness (QED) is 0.339. The van der Waals surface area contributed by atoms with Crippen LogP contribution in [0.1, 0.15) is 12.0 Å². The summed E-state index contributed by atoms with van der Waals surface area (Å²) in [4.78, 5) is 4.95. The van der Waals surface area contributed by atoms with E-state index >= 15 is 0 Å². The first-order chi connectivity index (χ1) is 7.66. The number of oxime groups is 1. The van der Waals surface area contributed by atoms with E-state index in [-0.39, 0.29) is 5.17 Å². The molecule has 0 aromatic heterocycles. The van der Waals surface area contributed by atoms with Crippen molar-refractivity contribution in [3.8, 4) is 0 Å². The van der Waals surface area contributed by atoms with Gasteiger partial charge in [0.1, 0.15) is 6.61 Å². The molecule has 0 aliphatic heterocycles. The second-order valence-corrected chi connectivity index (χ2v) is 4.40. The van der Waals surface area contributed by atoms with Crippen molar-refractivity contribution in [2.75, 3.05) is 12.5 Å². The van der Waals surface area contributed by atoms with Gasteiger partial charge in [-0.1, -0.05) is 46.0 Å². The summed E-state index contributed by atoms with van der Waals surface area (Å²) in [6.07, 6.45) is 0.700. The summed E-state index contributed by atoms with van der Waals surface area (Å²) in [7, 11) is 0. The molecule has 1 rings (SSSR count). The van der Waals surface area contributed by atoms with Gasteiger partial charge in [-0.2, -0.15) is 0 Å². The Morgan fingerprint density at radius 1 is 1.25 bits per heavy atom. The van der Waals surface area contributed by atoms with Gasteiger partial charge in [-0.3, -0.25) is 0 Å². The van der Waals surface area contributed by atoms with Gasteiger partial charge in [0, 0.05) is 5.88 Å². The van der Waals surface area contributed by atoms with Gasteiger partial charge in [0.15, 0.2) is 5.17 Å². The molecule has 0 aliphatic carbocycles. The van der Waals surface area contributed by atoms with E-state index in [0.717, 1.165) is 0 Å². The average Bonchev–Trinajstić information content (AvgIpc) is 2.24. The van der Waals surface area contributed by atoms with E-state index in [9.17, 15) is 0 Å². The molecule has 0 fully saturated rings. The summed E-state index contributed by atoms with van der Waals surface area (Å²) in [5, 5.41) is 4.70. The molecule has 16 heavy (non-hydrogen) atoms. The molecule has 0 saturated heterocycles. The molecule has 0 bridgehead atoms. The van der Waals surface area contributed by atoms with E-state index < -0.39 is 0 Å². The molecule has 0 unspecified atom stereocenters. The monoisotopic (exact) mass is 299 g/mol. The summed E-state index contributed by atoms with van der Waals surface area (Å²) in [5.74, 6) is 0.514. The highest BCUT2D eigenvalue weighted by atomic mass is 35.5. The molecular weight excluding hydrogens is 292 g/mol. The van der Waals surface area contributed by atoms with Crippen molar-refractivity contribution in [3.63, 3.8) is 0 Å². The van der Waals surface area contributed by atoms with Crippen LogP contribution in [-0.4, -0.2) is 17.7 Å². The second-order valence-electron chi connectivity index (χ2n) is 2.85. The van der Waals surface area contributed by atoms with Crippen molar-refractivity contribution in [1.82, 2.24) is 0 Å². The zero-order valence-electron chi connectivity index (χ0n) is 8.22. The minimum absolute atomic E-state index is 0.130. The van der Waals surface area contributed by atoms with Crippen LogP contribution in [0, 0.1) is 0 Å². The van der Waals surface area contributed by atoms with Crippen molar-refractivity contribution < 1.29 is 4.84 Å². The van der Waals surface area contributed by atoms with Crippen molar-refractivity contribution >= 4 is 51.6 Å². The highest BCUT2D eigenvalue weighted by Gasteiger charge is 2.10. The van der Waals surface area contributed by atoms with Gasteiger partial charge in [0.25, 0.3) is 0 Å². The molecule has 0 amide bonds. The van der Waals surface area contributed by atoms with Crippen molar-refractivity contribution in [1.29, 1.82) is 0 Å². The molecule has 1 aromatic carbocycles. The molecular formula is C10H9Cl4NO. The molecule has 1 aromatic rings. The fourth-order valence-corrected chi connectivity index (χ4v) is 2.00. The molecule has 88 valence electrons. The van der Waals surface area contributed by atoms with Crippen LogP contribution in [0.4, 0.5) is 0 Å². The predicted molar refractivity (Wildman–Crippen MR) is 70.1 cm³/mol. The van der Waals surface area contributed by atoms with Gasteiger partial charge in [0.2, 0.25) is 0 Å². The smallest absolute Gasteiger partial charge is 0.178 e. The summed E-state index contributed by atoms with van der Waals surface area (Å²) in [6.45, 7) is 0.405. The van der Waals surface area contributed by atoms with Crippen molar-refractivity contribution in [3.05, 3.63) is 33.8 Å². The molecule has 0 N–H and O–H groups in total. The van der Waals surface area contributed by atoms with Crippen LogP contribution in [0.25, 0.3) is 0 Å². The normalized spacial score (nSPS) is 11.6. The second kappa shape index (κ2) is 7.23. The third-order valence-corrected chi connectivity index (χ3v) is 2.84. The topological polar surface area (TPSA) is 21.6 Å². The molecule has 0 aliphatic rings. The number of nitrogens with zero attached hydrogens (tertiary/aromatic N) is 1. The third kappa shape index (κ3) is 4.02. The van der Waals surface area contributed by atoms with Crippen LogP contribution in [-0.2, 0) is 4.84 Å². The maximum atomic E-state index is 5.94. The van der Waals surface area contributed by atoms with E-state index in [1.165, 1.54) is 0 Å². The van der Waals surface area contributed by atoms with Crippen LogP contribution in [0.5, 0.6) is 0 Å². The molecule has 2 nitrogen and oxygen atoms in total. The summed E-state index contributed by atoms with van der Waals surface area (Å²) < 4.78 is 0. The Labute approximate surface area is 114 Å². The lowest BCUT2D eigenvalue weighted by molar-refractivity contribution is 0.146. The first-order valence-electron chi connectivity index (χ1n) is 4.52. The van der Waals surface area contributed by atoms with E-state index in [4.69, 9.17) is 51.2 Å². The van der Waals surface area contributed by atoms with Gasteiger partial charge in [-0.05, 0) is 18.6 Å². The molecule has 6 heteroatoms. The number of benzene rings is 1. The Morgan fingerprint density at radius 2 is 1.88 bits per heavy atom. The summed E-state index contributed by atoms with van der Waals surface area (Å²) in [5.41, 5.74) is 0.471. The molecule has 0 heterocycles. The Bertz CT molecular complexity index is 361. The first kappa shape index (κ1) is 13.9. The third-order valence-electron chi connectivity index (χ3n) is 1.68. The Morgan fingerprint density at radius 3 is 2.44 bits per heavy atom. The number of hydrogen-bond donors (Lipinski definition) is 0. The summed E-state index contributed by atoms with van der Waals surface area (Å²) >= 11 is 23.3. The highest BCUT2D eigenvalue weighted by Crippen LogP contribution is 2.26. The fraction of sp³-hybridized carbons (Fsp3) is 0.300. The van der Waals surface area contributed by atoms with E-state index in [1.807, 2.05) is 0 Å². The van der Waals surface area contributed by atoms with Crippen LogP contribution < -0.4 is 0 Å². The highest BCUT2D eigenvalue weighted by molar-refractivity contribution is 6.71. The van der Waals surface area contributed by atoms with Gasteiger partial charge in [0.05, 0.1) is 15.6 Å². The Balaban J connectivity index is 2.75. The minimum Gasteiger partial charge on any atom is -0.395 e. The molecule has 0 saturated carbocycles. The molecule has 0 spiro atoms. The lowest BCUT2D eigenvalue weighted by Crippen LogP contribution is -1.97. The van der Waals surface area contributed by atoms with Gasteiger partial charge in [-0.25, -0.2) is 0 Å². The van der Waals surface area contributed by atoms with Crippen LogP contribution >= 0.6 is 46.4 Å². The maximum absolute atomic E-state index is 5.94. The largest absolute Gasteiger partial charge is 0.395 e. The summed E-state index contributed by atoms with van der Waals surface area (Å²) in [6, 6.07) is 5.09. The zero-order valence-corrected chi connectivity index (χ0v) is 11.2. The van der Waals surface area contributed by atoms with Crippen molar-refractivity contribution in [2.24, 2.45) is 5.16 Å². The van der Waals surface area contributed by atoms with Crippen LogP contribution in [0.15, 0.2) is 23.4 Å². The first-order valence-corrected chi connectivity index (χ1v) is 6.19. The van der Waals surface area contributed by atoms with E-state index in [1.54, 1.807) is 18.2 Å². The fourth-order valence-electron chi connectivity index (χ4n) is 0.962. The van der Waals surface area contributed by atoms with E-state index in [0.29, 0.717) is 34.5 Å².